The van der Waals surface area contributed by atoms with E-state index in [1.807, 2.05) is 24.3 Å². The molecule has 3 aromatic heterocycles. The standard InChI is InChI=1S/C20H16ClN7O2/c1-27-18(14-6-9-30-16-5-3-2-4-13(16)17(14)26-27)20(29)25-12-10-15(21)19(22-11-12)28-23-7-8-24-28/h2-5,7-8,10-11H,6,9H2,1H3,(H,25,29). The van der Waals surface area contributed by atoms with Gasteiger partial charge in [-0.1, -0.05) is 23.7 Å². The highest BCUT2D eigenvalue weighted by atomic mass is 35.5. The molecule has 4 heterocycles. The Morgan fingerprint density at radius 1 is 1.23 bits per heavy atom. The van der Waals surface area contributed by atoms with Crippen LogP contribution in [0.5, 0.6) is 5.75 Å². The number of pyridine rings is 1. The molecular formula is C20H16ClN7O2. The Hall–Kier alpha value is -3.72. The second kappa shape index (κ2) is 7.27. The van der Waals surface area contributed by atoms with Crippen LogP contribution >= 0.6 is 11.6 Å². The second-order valence-corrected chi connectivity index (χ2v) is 7.10. The van der Waals surface area contributed by atoms with Crippen molar-refractivity contribution >= 4 is 23.2 Å². The van der Waals surface area contributed by atoms with Crippen LogP contribution in [0.25, 0.3) is 17.1 Å². The lowest BCUT2D eigenvalue weighted by atomic mass is 10.0. The van der Waals surface area contributed by atoms with Crippen molar-refractivity contribution in [2.75, 3.05) is 11.9 Å². The highest BCUT2D eigenvalue weighted by Crippen LogP contribution is 2.35. The molecule has 1 aliphatic heterocycles. The molecule has 0 saturated heterocycles. The summed E-state index contributed by atoms with van der Waals surface area (Å²) in [5.41, 5.74) is 3.41. The first-order valence-corrected chi connectivity index (χ1v) is 9.61. The van der Waals surface area contributed by atoms with Crippen LogP contribution in [-0.2, 0) is 13.5 Å². The molecule has 0 bridgehead atoms. The first-order valence-electron chi connectivity index (χ1n) is 9.23. The number of carbonyl (C=O) groups excluding carboxylic acids is 1. The van der Waals surface area contributed by atoms with Crippen molar-refractivity contribution in [1.29, 1.82) is 0 Å². The van der Waals surface area contributed by atoms with E-state index in [0.29, 0.717) is 35.2 Å². The van der Waals surface area contributed by atoms with Crippen LogP contribution < -0.4 is 10.1 Å². The first-order chi connectivity index (χ1) is 14.6. The molecule has 4 aromatic rings. The van der Waals surface area contributed by atoms with Crippen molar-refractivity contribution in [3.8, 4) is 22.8 Å². The van der Waals surface area contributed by atoms with E-state index in [2.05, 4.69) is 25.6 Å². The number of aryl methyl sites for hydroxylation is 1. The molecule has 0 spiro atoms. The predicted octanol–water partition coefficient (Wildman–Crippen LogP) is 2.90. The SMILES string of the molecule is Cn1nc2c(c1C(=O)Nc1cnc(-n3nccn3)c(Cl)c1)CCOc1ccccc1-2. The number of halogens is 1. The van der Waals surface area contributed by atoms with Crippen molar-refractivity contribution in [2.24, 2.45) is 7.05 Å². The van der Waals surface area contributed by atoms with Gasteiger partial charge in [0.25, 0.3) is 5.91 Å². The monoisotopic (exact) mass is 421 g/mol. The number of nitrogens with one attached hydrogen (secondary N) is 1. The summed E-state index contributed by atoms with van der Waals surface area (Å²) in [6.45, 7) is 0.467. The van der Waals surface area contributed by atoms with Crippen LogP contribution in [0.15, 0.2) is 48.9 Å². The van der Waals surface area contributed by atoms with Gasteiger partial charge in [-0.2, -0.15) is 15.3 Å². The van der Waals surface area contributed by atoms with Gasteiger partial charge in [0, 0.05) is 24.6 Å². The molecule has 1 amide bonds. The number of aromatic nitrogens is 6. The van der Waals surface area contributed by atoms with Crippen LogP contribution in [-0.4, -0.2) is 42.3 Å². The fourth-order valence-corrected chi connectivity index (χ4v) is 3.76. The summed E-state index contributed by atoms with van der Waals surface area (Å²) < 4.78 is 7.42. The van der Waals surface area contributed by atoms with Crippen molar-refractivity contribution in [1.82, 2.24) is 29.8 Å². The van der Waals surface area contributed by atoms with Crippen molar-refractivity contribution < 1.29 is 9.53 Å². The summed E-state index contributed by atoms with van der Waals surface area (Å²) >= 11 is 6.30. The minimum atomic E-state index is -0.298. The fraction of sp³-hybridized carbons (Fsp3) is 0.150. The van der Waals surface area contributed by atoms with Crippen molar-refractivity contribution in [2.45, 2.75) is 6.42 Å². The van der Waals surface area contributed by atoms with Crippen molar-refractivity contribution in [3.05, 3.63) is 65.2 Å². The molecule has 5 rings (SSSR count). The van der Waals surface area contributed by atoms with Gasteiger partial charge >= 0.3 is 0 Å². The van der Waals surface area contributed by atoms with E-state index in [0.717, 1.165) is 22.6 Å². The number of anilines is 1. The van der Waals surface area contributed by atoms with Gasteiger partial charge in [-0.05, 0) is 18.2 Å². The number of fused-ring (bicyclic) bond motifs is 3. The first kappa shape index (κ1) is 18.3. The zero-order valence-electron chi connectivity index (χ0n) is 15.9. The Morgan fingerprint density at radius 3 is 2.83 bits per heavy atom. The number of benzene rings is 1. The largest absolute Gasteiger partial charge is 0.493 e. The molecular weight excluding hydrogens is 406 g/mol. The lowest BCUT2D eigenvalue weighted by molar-refractivity contribution is 0.101. The van der Waals surface area contributed by atoms with Gasteiger partial charge in [0.15, 0.2) is 5.82 Å². The molecule has 0 fully saturated rings. The molecule has 30 heavy (non-hydrogen) atoms. The van der Waals surface area contributed by atoms with E-state index in [1.165, 1.54) is 23.4 Å². The van der Waals surface area contributed by atoms with E-state index in [9.17, 15) is 4.79 Å². The summed E-state index contributed by atoms with van der Waals surface area (Å²) in [4.78, 5) is 18.7. The Bertz CT molecular complexity index is 1250. The Labute approximate surface area is 176 Å². The fourth-order valence-electron chi connectivity index (χ4n) is 3.52. The Kier molecular flexibility index (Phi) is 4.44. The maximum atomic E-state index is 13.1. The van der Waals surface area contributed by atoms with Crippen molar-refractivity contribution in [3.63, 3.8) is 0 Å². The van der Waals surface area contributed by atoms with Crippen LogP contribution in [0.4, 0.5) is 5.69 Å². The predicted molar refractivity (Wildman–Crippen MR) is 110 cm³/mol. The molecule has 10 heteroatoms. The minimum Gasteiger partial charge on any atom is -0.493 e. The number of carbonyl (C=O) groups is 1. The zero-order valence-corrected chi connectivity index (χ0v) is 16.7. The van der Waals surface area contributed by atoms with Crippen LogP contribution in [0.2, 0.25) is 5.02 Å². The number of ether oxygens (including phenoxy) is 1. The van der Waals surface area contributed by atoms with E-state index < -0.39 is 0 Å². The maximum absolute atomic E-state index is 13.1. The van der Waals surface area contributed by atoms with Gasteiger partial charge in [0.1, 0.15) is 17.1 Å². The summed E-state index contributed by atoms with van der Waals surface area (Å²) in [6, 6.07) is 9.30. The number of nitrogens with zero attached hydrogens (tertiary/aromatic N) is 6. The lowest BCUT2D eigenvalue weighted by Crippen LogP contribution is -2.19. The average molecular weight is 422 g/mol. The van der Waals surface area contributed by atoms with Gasteiger partial charge in [-0.25, -0.2) is 4.98 Å². The van der Waals surface area contributed by atoms with E-state index in [4.69, 9.17) is 16.3 Å². The maximum Gasteiger partial charge on any atom is 0.274 e. The minimum absolute atomic E-state index is 0.298. The van der Waals surface area contributed by atoms with Gasteiger partial charge in [0.05, 0.1) is 35.9 Å². The molecule has 0 atom stereocenters. The van der Waals surface area contributed by atoms with Crippen LogP contribution in [0.3, 0.4) is 0 Å². The third kappa shape index (κ3) is 3.09. The number of amides is 1. The number of para-hydroxylation sites is 1. The highest BCUT2D eigenvalue weighted by Gasteiger charge is 2.26. The number of hydrogen-bond acceptors (Lipinski definition) is 6. The zero-order chi connectivity index (χ0) is 20.7. The molecule has 1 N–H and O–H groups in total. The molecule has 1 aliphatic rings. The van der Waals surface area contributed by atoms with E-state index in [1.54, 1.807) is 17.8 Å². The third-order valence-electron chi connectivity index (χ3n) is 4.80. The van der Waals surface area contributed by atoms with Gasteiger partial charge in [0.2, 0.25) is 0 Å². The lowest BCUT2D eigenvalue weighted by Gasteiger charge is -2.09. The molecule has 1 aromatic carbocycles. The summed E-state index contributed by atoms with van der Waals surface area (Å²) in [5, 5.41) is 15.8. The molecule has 0 aliphatic carbocycles. The normalized spacial score (nSPS) is 12.5. The Morgan fingerprint density at radius 2 is 2.03 bits per heavy atom. The molecule has 0 radical (unpaired) electrons. The molecule has 0 saturated carbocycles. The average Bonchev–Trinajstić information content (AvgIpc) is 3.33. The Balaban J connectivity index is 1.47. The number of rotatable bonds is 3. The van der Waals surface area contributed by atoms with Crippen LogP contribution in [0.1, 0.15) is 16.1 Å². The van der Waals surface area contributed by atoms with Gasteiger partial charge in [-0.3, -0.25) is 9.48 Å². The van der Waals surface area contributed by atoms with Gasteiger partial charge in [-0.15, -0.1) is 4.80 Å². The molecule has 9 nitrogen and oxygen atoms in total. The van der Waals surface area contributed by atoms with Crippen LogP contribution in [0, 0.1) is 0 Å². The van der Waals surface area contributed by atoms with E-state index >= 15 is 0 Å². The summed E-state index contributed by atoms with van der Waals surface area (Å²) in [6.07, 6.45) is 5.15. The number of hydrogen-bond donors (Lipinski definition) is 1. The van der Waals surface area contributed by atoms with E-state index in [-0.39, 0.29) is 5.91 Å². The smallest absolute Gasteiger partial charge is 0.274 e. The topological polar surface area (TPSA) is 99.8 Å². The summed E-state index contributed by atoms with van der Waals surface area (Å²) in [7, 11) is 1.75. The highest BCUT2D eigenvalue weighted by molar-refractivity contribution is 6.32. The molecule has 150 valence electrons. The van der Waals surface area contributed by atoms with Gasteiger partial charge < -0.3 is 10.1 Å². The second-order valence-electron chi connectivity index (χ2n) is 6.70. The quantitative estimate of drug-likeness (QED) is 0.546. The molecule has 0 unspecified atom stereocenters. The third-order valence-corrected chi connectivity index (χ3v) is 5.08. The summed E-state index contributed by atoms with van der Waals surface area (Å²) in [5.74, 6) is 0.844.